The molecular formula is C26H37N3O3. The minimum absolute atomic E-state index is 0.199. The average molecular weight is 440 g/mol. The fourth-order valence-corrected chi connectivity index (χ4v) is 4.31. The van der Waals surface area contributed by atoms with Crippen molar-refractivity contribution in [3.8, 4) is 22.6 Å². The number of carbonyl (C=O) groups excluding carboxylic acids is 1. The van der Waals surface area contributed by atoms with E-state index in [1.807, 2.05) is 12.1 Å². The van der Waals surface area contributed by atoms with Crippen molar-refractivity contribution in [2.45, 2.75) is 33.7 Å². The maximum absolute atomic E-state index is 11.4. The van der Waals surface area contributed by atoms with Gasteiger partial charge in [-0.25, -0.2) is 0 Å². The molecule has 0 saturated heterocycles. The zero-order chi connectivity index (χ0) is 22.9. The van der Waals surface area contributed by atoms with Crippen LogP contribution >= 0.6 is 0 Å². The number of likely N-dealkylation sites (N-methyl/N-ethyl adjacent to an activating group) is 2. The average Bonchev–Trinajstić information content (AvgIpc) is 3.12. The molecule has 174 valence electrons. The van der Waals surface area contributed by atoms with Crippen LogP contribution in [0, 0.1) is 0 Å². The lowest BCUT2D eigenvalue weighted by Gasteiger charge is -2.19. The van der Waals surface area contributed by atoms with E-state index in [2.05, 4.69) is 67.1 Å². The number of hydrogen-bond donors (Lipinski definition) is 1. The molecule has 0 atom stereocenters. The van der Waals surface area contributed by atoms with Crippen molar-refractivity contribution in [3.63, 3.8) is 0 Å². The Morgan fingerprint density at radius 3 is 1.59 bits per heavy atom. The van der Waals surface area contributed by atoms with Gasteiger partial charge in [0.2, 0.25) is 6.41 Å². The zero-order valence-electron chi connectivity index (χ0n) is 19.9. The molecule has 0 bridgehead atoms. The third kappa shape index (κ3) is 5.61. The lowest BCUT2D eigenvalue weighted by Crippen LogP contribution is -2.28. The number of benzene rings is 2. The molecule has 32 heavy (non-hydrogen) atoms. The highest BCUT2D eigenvalue weighted by Crippen LogP contribution is 2.45. The fourth-order valence-electron chi connectivity index (χ4n) is 4.31. The SMILES string of the molecule is CCN(CC)CCOc1ccc2c(c1)C(NC=O)c1cc(OCCN(CC)CC)ccc1-2. The monoisotopic (exact) mass is 439 g/mol. The molecule has 2 aromatic carbocycles. The van der Waals surface area contributed by atoms with Crippen LogP contribution in [0.2, 0.25) is 0 Å². The number of hydrogen-bond acceptors (Lipinski definition) is 5. The quantitative estimate of drug-likeness (QED) is 0.452. The lowest BCUT2D eigenvalue weighted by atomic mass is 10.1. The summed E-state index contributed by atoms with van der Waals surface area (Å²) < 4.78 is 12.0. The van der Waals surface area contributed by atoms with Gasteiger partial charge in [-0.2, -0.15) is 0 Å². The van der Waals surface area contributed by atoms with Crippen LogP contribution in [0.25, 0.3) is 11.1 Å². The van der Waals surface area contributed by atoms with Gasteiger partial charge in [0.15, 0.2) is 0 Å². The topological polar surface area (TPSA) is 54.0 Å². The highest BCUT2D eigenvalue weighted by atomic mass is 16.5. The number of carbonyl (C=O) groups is 1. The first kappa shape index (κ1) is 24.1. The molecule has 0 spiro atoms. The van der Waals surface area contributed by atoms with Gasteiger partial charge in [-0.3, -0.25) is 4.79 Å². The van der Waals surface area contributed by atoms with E-state index in [-0.39, 0.29) is 6.04 Å². The van der Waals surface area contributed by atoms with Crippen LogP contribution in [0.4, 0.5) is 0 Å². The summed E-state index contributed by atoms with van der Waals surface area (Å²) in [6.45, 7) is 15.8. The lowest BCUT2D eigenvalue weighted by molar-refractivity contribution is -0.109. The molecule has 0 unspecified atom stereocenters. The van der Waals surface area contributed by atoms with E-state index in [1.165, 1.54) is 0 Å². The summed E-state index contributed by atoms with van der Waals surface area (Å²) in [5.74, 6) is 1.66. The molecule has 3 rings (SSSR count). The molecule has 0 aromatic heterocycles. The summed E-state index contributed by atoms with van der Waals surface area (Å²) in [7, 11) is 0. The van der Waals surface area contributed by atoms with Gasteiger partial charge in [0.1, 0.15) is 24.7 Å². The highest BCUT2D eigenvalue weighted by molar-refractivity contribution is 5.81. The predicted molar refractivity (Wildman–Crippen MR) is 129 cm³/mol. The molecule has 0 aliphatic heterocycles. The number of nitrogens with zero attached hydrogens (tertiary/aromatic N) is 2. The molecule has 0 heterocycles. The maximum Gasteiger partial charge on any atom is 0.207 e. The number of fused-ring (bicyclic) bond motifs is 3. The van der Waals surface area contributed by atoms with Crippen molar-refractivity contribution >= 4 is 6.41 Å². The highest BCUT2D eigenvalue weighted by Gasteiger charge is 2.29. The maximum atomic E-state index is 11.4. The van der Waals surface area contributed by atoms with Crippen LogP contribution < -0.4 is 14.8 Å². The van der Waals surface area contributed by atoms with Crippen LogP contribution in [0.5, 0.6) is 11.5 Å². The van der Waals surface area contributed by atoms with Gasteiger partial charge in [0.25, 0.3) is 0 Å². The van der Waals surface area contributed by atoms with Crippen molar-refractivity contribution in [2.75, 3.05) is 52.5 Å². The van der Waals surface area contributed by atoms with Crippen molar-refractivity contribution in [1.29, 1.82) is 0 Å². The Balaban J connectivity index is 1.73. The Kier molecular flexibility index (Phi) is 8.94. The molecular weight excluding hydrogens is 402 g/mol. The smallest absolute Gasteiger partial charge is 0.207 e. The molecule has 1 amide bonds. The summed E-state index contributed by atoms with van der Waals surface area (Å²) in [5.41, 5.74) is 4.38. The van der Waals surface area contributed by atoms with Gasteiger partial charge in [-0.15, -0.1) is 0 Å². The minimum Gasteiger partial charge on any atom is -0.492 e. The van der Waals surface area contributed by atoms with E-state index in [0.717, 1.165) is 79.4 Å². The Morgan fingerprint density at radius 2 is 1.22 bits per heavy atom. The van der Waals surface area contributed by atoms with E-state index in [1.54, 1.807) is 0 Å². The zero-order valence-corrected chi connectivity index (χ0v) is 19.9. The van der Waals surface area contributed by atoms with Gasteiger partial charge in [0, 0.05) is 13.1 Å². The second kappa shape index (κ2) is 11.9. The Bertz CT molecular complexity index is 811. The molecule has 6 heteroatoms. The molecule has 0 saturated carbocycles. The van der Waals surface area contributed by atoms with E-state index < -0.39 is 0 Å². The third-order valence-corrected chi connectivity index (χ3v) is 6.33. The first-order chi connectivity index (χ1) is 15.6. The summed E-state index contributed by atoms with van der Waals surface area (Å²) in [6, 6.07) is 12.1. The number of nitrogens with one attached hydrogen (secondary N) is 1. The van der Waals surface area contributed by atoms with Crippen LogP contribution in [-0.2, 0) is 4.79 Å². The number of rotatable bonds is 14. The van der Waals surface area contributed by atoms with Crippen molar-refractivity contribution < 1.29 is 14.3 Å². The normalized spacial score (nSPS) is 12.7. The molecule has 0 fully saturated rings. The molecule has 1 aliphatic carbocycles. The fraction of sp³-hybridized carbons (Fsp3) is 0.500. The Labute approximate surface area is 192 Å². The van der Waals surface area contributed by atoms with Gasteiger partial charge in [0.05, 0.1) is 6.04 Å². The number of amides is 1. The van der Waals surface area contributed by atoms with Crippen LogP contribution in [0.3, 0.4) is 0 Å². The van der Waals surface area contributed by atoms with Gasteiger partial charge >= 0.3 is 0 Å². The van der Waals surface area contributed by atoms with Gasteiger partial charge in [-0.05, 0) is 72.7 Å². The van der Waals surface area contributed by atoms with E-state index in [9.17, 15) is 4.79 Å². The molecule has 1 aliphatic rings. The molecule has 0 radical (unpaired) electrons. The van der Waals surface area contributed by atoms with Crippen LogP contribution in [0.1, 0.15) is 44.9 Å². The number of ether oxygens (including phenoxy) is 2. The van der Waals surface area contributed by atoms with E-state index in [4.69, 9.17) is 9.47 Å². The summed E-state index contributed by atoms with van der Waals surface area (Å²) in [4.78, 5) is 16.1. The van der Waals surface area contributed by atoms with Gasteiger partial charge < -0.3 is 24.6 Å². The van der Waals surface area contributed by atoms with E-state index in [0.29, 0.717) is 13.2 Å². The summed E-state index contributed by atoms with van der Waals surface area (Å²) >= 11 is 0. The predicted octanol–water partition coefficient (Wildman–Crippen LogP) is 3.94. The first-order valence-corrected chi connectivity index (χ1v) is 11.8. The first-order valence-electron chi connectivity index (χ1n) is 11.8. The Morgan fingerprint density at radius 1 is 0.781 bits per heavy atom. The van der Waals surface area contributed by atoms with Gasteiger partial charge in [-0.1, -0.05) is 39.8 Å². The summed E-state index contributed by atoms with van der Waals surface area (Å²) in [6.07, 6.45) is 0.769. The van der Waals surface area contributed by atoms with Crippen LogP contribution in [0.15, 0.2) is 36.4 Å². The van der Waals surface area contributed by atoms with Crippen LogP contribution in [-0.4, -0.2) is 68.7 Å². The molecule has 1 N–H and O–H groups in total. The largest absolute Gasteiger partial charge is 0.492 e. The summed E-state index contributed by atoms with van der Waals surface area (Å²) in [5, 5.41) is 2.99. The third-order valence-electron chi connectivity index (χ3n) is 6.33. The molecule has 2 aromatic rings. The standard InChI is InChI=1S/C26H37N3O3/c1-5-28(6-2)13-15-31-20-9-11-22-23-12-10-21(32-16-14-29(7-3)8-4)18-25(23)26(27-19-30)24(22)17-20/h9-12,17-19,26H,5-8,13-16H2,1-4H3,(H,27,30). The van der Waals surface area contributed by atoms with Crippen molar-refractivity contribution in [3.05, 3.63) is 47.5 Å². The van der Waals surface area contributed by atoms with Crippen molar-refractivity contribution in [1.82, 2.24) is 15.1 Å². The minimum atomic E-state index is -0.199. The molecule has 6 nitrogen and oxygen atoms in total. The second-order valence-electron chi connectivity index (χ2n) is 7.97. The Hall–Kier alpha value is -2.57. The van der Waals surface area contributed by atoms with Crippen molar-refractivity contribution in [2.24, 2.45) is 0 Å². The van der Waals surface area contributed by atoms with E-state index >= 15 is 0 Å². The second-order valence-corrected chi connectivity index (χ2v) is 7.97.